The molecular formula is C22H19ClF2N6O3. The predicted octanol–water partition coefficient (Wildman–Crippen LogP) is 3.14. The van der Waals surface area contributed by atoms with Crippen LogP contribution in [0.2, 0.25) is 5.15 Å². The van der Waals surface area contributed by atoms with Crippen LogP contribution in [0.25, 0.3) is 22.9 Å². The van der Waals surface area contributed by atoms with Gasteiger partial charge in [0.25, 0.3) is 0 Å². The van der Waals surface area contributed by atoms with Gasteiger partial charge in [-0.3, -0.25) is 9.48 Å². The van der Waals surface area contributed by atoms with Gasteiger partial charge < -0.3 is 15.4 Å². The van der Waals surface area contributed by atoms with Crippen LogP contribution in [0, 0.1) is 11.6 Å². The SMILES string of the molecule is C[C@](O)(CCc1nc(-c2cc(-c3ccon3)n(Cc3ccccc3F)n2)nc(Cl)c1F)C(N)=O. The summed E-state index contributed by atoms with van der Waals surface area (Å²) in [5.41, 5.74) is 4.71. The first-order valence-electron chi connectivity index (χ1n) is 10.1. The predicted molar refractivity (Wildman–Crippen MR) is 117 cm³/mol. The molecule has 0 saturated carbocycles. The van der Waals surface area contributed by atoms with Crippen LogP contribution in [0.3, 0.4) is 0 Å². The van der Waals surface area contributed by atoms with Crippen LogP contribution in [0.15, 0.2) is 47.2 Å². The number of aryl methyl sites for hydroxylation is 1. The molecule has 0 aliphatic rings. The number of aromatic nitrogens is 5. The molecule has 1 amide bonds. The van der Waals surface area contributed by atoms with Crippen LogP contribution in [-0.4, -0.2) is 41.5 Å². The summed E-state index contributed by atoms with van der Waals surface area (Å²) in [5, 5.41) is 18.0. The molecule has 4 rings (SSSR count). The van der Waals surface area contributed by atoms with Crippen molar-refractivity contribution in [1.82, 2.24) is 24.9 Å². The van der Waals surface area contributed by atoms with Crippen molar-refractivity contribution in [3.63, 3.8) is 0 Å². The van der Waals surface area contributed by atoms with Crippen LogP contribution in [0.4, 0.5) is 8.78 Å². The summed E-state index contributed by atoms with van der Waals surface area (Å²) in [7, 11) is 0. The van der Waals surface area contributed by atoms with E-state index in [-0.39, 0.29) is 36.6 Å². The summed E-state index contributed by atoms with van der Waals surface area (Å²) in [6.45, 7) is 1.30. The Morgan fingerprint density at radius 3 is 2.68 bits per heavy atom. The van der Waals surface area contributed by atoms with Crippen molar-refractivity contribution in [2.75, 3.05) is 0 Å². The van der Waals surface area contributed by atoms with Crippen LogP contribution < -0.4 is 5.73 Å². The zero-order chi connectivity index (χ0) is 24.5. The fraction of sp³-hybridized carbons (Fsp3) is 0.227. The van der Waals surface area contributed by atoms with E-state index in [0.29, 0.717) is 17.0 Å². The van der Waals surface area contributed by atoms with Gasteiger partial charge >= 0.3 is 0 Å². The lowest BCUT2D eigenvalue weighted by molar-refractivity contribution is -0.135. The first-order chi connectivity index (χ1) is 16.2. The molecule has 3 N–H and O–H groups in total. The highest BCUT2D eigenvalue weighted by atomic mass is 35.5. The third-order valence-electron chi connectivity index (χ3n) is 5.25. The van der Waals surface area contributed by atoms with E-state index in [0.717, 1.165) is 0 Å². The lowest BCUT2D eigenvalue weighted by atomic mass is 9.98. The molecule has 0 radical (unpaired) electrons. The van der Waals surface area contributed by atoms with E-state index in [2.05, 4.69) is 20.2 Å². The zero-order valence-corrected chi connectivity index (χ0v) is 18.6. The lowest BCUT2D eigenvalue weighted by Crippen LogP contribution is -2.41. The van der Waals surface area contributed by atoms with Crippen molar-refractivity contribution in [1.29, 1.82) is 0 Å². The van der Waals surface area contributed by atoms with Gasteiger partial charge in [0, 0.05) is 11.6 Å². The van der Waals surface area contributed by atoms with E-state index in [1.807, 2.05) is 0 Å². The molecular weight excluding hydrogens is 470 g/mol. The number of carbonyl (C=O) groups is 1. The van der Waals surface area contributed by atoms with Gasteiger partial charge in [0.15, 0.2) is 16.8 Å². The molecule has 0 aliphatic carbocycles. The van der Waals surface area contributed by atoms with Gasteiger partial charge in [-0.05, 0) is 31.9 Å². The van der Waals surface area contributed by atoms with E-state index in [9.17, 15) is 18.7 Å². The Bertz CT molecular complexity index is 1340. The highest BCUT2D eigenvalue weighted by molar-refractivity contribution is 6.29. The molecule has 1 atom stereocenters. The molecule has 0 saturated heterocycles. The van der Waals surface area contributed by atoms with Gasteiger partial charge in [-0.2, -0.15) is 5.10 Å². The van der Waals surface area contributed by atoms with Gasteiger partial charge in [0.2, 0.25) is 5.91 Å². The monoisotopic (exact) mass is 488 g/mol. The van der Waals surface area contributed by atoms with Gasteiger partial charge in [-0.1, -0.05) is 35.0 Å². The Kier molecular flexibility index (Phi) is 6.40. The van der Waals surface area contributed by atoms with Crippen molar-refractivity contribution >= 4 is 17.5 Å². The first kappa shape index (κ1) is 23.5. The summed E-state index contributed by atoms with van der Waals surface area (Å²) >= 11 is 5.99. The molecule has 9 nitrogen and oxygen atoms in total. The number of benzene rings is 1. The highest BCUT2D eigenvalue weighted by Gasteiger charge is 2.29. The third kappa shape index (κ3) is 4.80. The Morgan fingerprint density at radius 2 is 2.00 bits per heavy atom. The molecule has 0 aliphatic heterocycles. The van der Waals surface area contributed by atoms with Crippen molar-refractivity contribution in [2.45, 2.75) is 31.9 Å². The number of nitrogens with zero attached hydrogens (tertiary/aromatic N) is 5. The summed E-state index contributed by atoms with van der Waals surface area (Å²) in [4.78, 5) is 19.5. The van der Waals surface area contributed by atoms with Crippen LogP contribution in [0.1, 0.15) is 24.6 Å². The molecule has 0 fully saturated rings. The number of nitrogens with two attached hydrogens (primary N) is 1. The number of aliphatic hydroxyl groups is 1. The molecule has 34 heavy (non-hydrogen) atoms. The third-order valence-corrected chi connectivity index (χ3v) is 5.50. The normalized spacial score (nSPS) is 13.1. The first-order valence-corrected chi connectivity index (χ1v) is 10.5. The molecule has 4 aromatic rings. The molecule has 0 unspecified atom stereocenters. The second-order valence-electron chi connectivity index (χ2n) is 7.79. The smallest absolute Gasteiger partial charge is 0.249 e. The van der Waals surface area contributed by atoms with Gasteiger partial charge in [0.1, 0.15) is 29.1 Å². The van der Waals surface area contributed by atoms with E-state index >= 15 is 0 Å². The second kappa shape index (κ2) is 9.27. The number of hydrogen-bond acceptors (Lipinski definition) is 7. The maximum atomic E-state index is 14.6. The van der Waals surface area contributed by atoms with Crippen LogP contribution >= 0.6 is 11.6 Å². The average molecular weight is 489 g/mol. The second-order valence-corrected chi connectivity index (χ2v) is 8.14. The summed E-state index contributed by atoms with van der Waals surface area (Å²) in [6, 6.07) is 9.44. The molecule has 0 spiro atoms. The Morgan fingerprint density at radius 1 is 1.24 bits per heavy atom. The van der Waals surface area contributed by atoms with E-state index < -0.39 is 28.3 Å². The van der Waals surface area contributed by atoms with E-state index in [1.54, 1.807) is 30.3 Å². The molecule has 176 valence electrons. The zero-order valence-electron chi connectivity index (χ0n) is 17.9. The number of rotatable bonds is 8. The maximum Gasteiger partial charge on any atom is 0.249 e. The Labute approximate surface area is 197 Å². The average Bonchev–Trinajstić information content (AvgIpc) is 3.46. The minimum absolute atomic E-state index is 0.00264. The number of carbonyl (C=O) groups excluding carboxylic acids is 1. The van der Waals surface area contributed by atoms with Crippen molar-refractivity contribution < 1.29 is 23.2 Å². The largest absolute Gasteiger partial charge is 0.380 e. The topological polar surface area (TPSA) is 133 Å². The van der Waals surface area contributed by atoms with E-state index in [4.69, 9.17) is 21.9 Å². The minimum atomic E-state index is -1.86. The summed E-state index contributed by atoms with van der Waals surface area (Å²) < 4.78 is 35.2. The standard InChI is InChI=1S/C22H19ClF2N6O3/c1-22(33,21(26)32)8-6-15-18(25)19(23)28-20(27-15)16-10-17(14-7-9-34-30-14)31(29-16)11-12-4-2-3-5-13(12)24/h2-5,7,9-10,33H,6,8,11H2,1H3,(H2,26,32)/t22-/m0/s1. The number of halogens is 3. The molecule has 1 aromatic carbocycles. The highest BCUT2D eigenvalue weighted by Crippen LogP contribution is 2.27. The summed E-state index contributed by atoms with van der Waals surface area (Å²) in [5.74, 6) is -2.24. The van der Waals surface area contributed by atoms with Gasteiger partial charge in [-0.25, -0.2) is 18.7 Å². The molecule has 3 aromatic heterocycles. The van der Waals surface area contributed by atoms with Crippen LogP contribution in [0.5, 0.6) is 0 Å². The molecule has 12 heteroatoms. The quantitative estimate of drug-likeness (QED) is 0.364. The van der Waals surface area contributed by atoms with Crippen molar-refractivity contribution in [2.24, 2.45) is 5.73 Å². The minimum Gasteiger partial charge on any atom is -0.380 e. The maximum absolute atomic E-state index is 14.6. The van der Waals surface area contributed by atoms with Gasteiger partial charge in [-0.15, -0.1) is 0 Å². The summed E-state index contributed by atoms with van der Waals surface area (Å²) in [6.07, 6.45) is 1.06. The fourth-order valence-corrected chi connectivity index (χ4v) is 3.40. The Balaban J connectivity index is 1.73. The van der Waals surface area contributed by atoms with Gasteiger partial charge in [0.05, 0.1) is 17.9 Å². The van der Waals surface area contributed by atoms with E-state index in [1.165, 1.54) is 23.9 Å². The number of hydrogen-bond donors (Lipinski definition) is 2. The Hall–Kier alpha value is -3.70. The molecule has 0 bridgehead atoms. The number of primary amides is 1. The van der Waals surface area contributed by atoms with Crippen molar-refractivity contribution in [3.8, 4) is 22.9 Å². The number of amides is 1. The van der Waals surface area contributed by atoms with Crippen molar-refractivity contribution in [3.05, 3.63) is 70.7 Å². The fourth-order valence-electron chi connectivity index (χ4n) is 3.21. The lowest BCUT2D eigenvalue weighted by Gasteiger charge is -2.18. The van der Waals surface area contributed by atoms with Crippen LogP contribution in [-0.2, 0) is 17.8 Å². The molecule has 3 heterocycles.